The van der Waals surface area contributed by atoms with E-state index in [1.165, 1.54) is 13.2 Å². The van der Waals surface area contributed by atoms with Gasteiger partial charge in [0.05, 0.1) is 7.11 Å². The summed E-state index contributed by atoms with van der Waals surface area (Å²) < 4.78 is 19.6. The van der Waals surface area contributed by atoms with Crippen molar-refractivity contribution in [1.29, 1.82) is 0 Å². The summed E-state index contributed by atoms with van der Waals surface area (Å²) in [6.45, 7) is 0. The number of nitrogens with two attached hydrogens (primary N) is 1. The van der Waals surface area contributed by atoms with Crippen LogP contribution in [0.1, 0.15) is 11.6 Å². The summed E-state index contributed by atoms with van der Waals surface area (Å²) in [6, 6.07) is 12.6. The molecule has 20 heavy (non-hydrogen) atoms. The topological polar surface area (TPSA) is 35.2 Å². The Kier molecular flexibility index (Phi) is 5.46. The predicted octanol–water partition coefficient (Wildman–Crippen LogP) is 4.39. The van der Waals surface area contributed by atoms with Crippen molar-refractivity contribution in [1.82, 2.24) is 0 Å². The fourth-order valence-corrected chi connectivity index (χ4v) is 3.31. The smallest absolute Gasteiger partial charge is 0.165 e. The summed E-state index contributed by atoms with van der Waals surface area (Å²) in [5, 5.41) is 0. The third kappa shape index (κ3) is 3.75. The van der Waals surface area contributed by atoms with E-state index in [1.54, 1.807) is 23.9 Å². The van der Waals surface area contributed by atoms with Gasteiger partial charge < -0.3 is 10.5 Å². The number of hydrogen-bond donors (Lipinski definition) is 1. The minimum atomic E-state index is -0.383. The largest absolute Gasteiger partial charge is 0.494 e. The van der Waals surface area contributed by atoms with Crippen molar-refractivity contribution in [3.8, 4) is 5.75 Å². The van der Waals surface area contributed by atoms with E-state index in [1.807, 2.05) is 24.3 Å². The van der Waals surface area contributed by atoms with Crippen LogP contribution in [0.5, 0.6) is 5.75 Å². The second-order valence-electron chi connectivity index (χ2n) is 4.24. The van der Waals surface area contributed by atoms with Gasteiger partial charge in [-0.05, 0) is 45.8 Å². The fraction of sp³-hybridized carbons (Fsp3) is 0.200. The van der Waals surface area contributed by atoms with Crippen molar-refractivity contribution in [3.63, 3.8) is 0 Å². The minimum Gasteiger partial charge on any atom is -0.494 e. The van der Waals surface area contributed by atoms with Crippen molar-refractivity contribution in [2.75, 3.05) is 12.9 Å². The van der Waals surface area contributed by atoms with Crippen molar-refractivity contribution in [2.45, 2.75) is 10.9 Å². The van der Waals surface area contributed by atoms with Crippen LogP contribution in [0.2, 0.25) is 0 Å². The first-order valence-electron chi connectivity index (χ1n) is 6.08. The van der Waals surface area contributed by atoms with E-state index in [0.29, 0.717) is 5.75 Å². The highest BCUT2D eigenvalue weighted by molar-refractivity contribution is 9.10. The van der Waals surface area contributed by atoms with Gasteiger partial charge in [-0.1, -0.05) is 18.2 Å². The Morgan fingerprint density at radius 3 is 2.70 bits per heavy atom. The van der Waals surface area contributed by atoms with Crippen LogP contribution in [0.15, 0.2) is 51.8 Å². The van der Waals surface area contributed by atoms with Crippen molar-refractivity contribution in [3.05, 3.63) is 58.3 Å². The normalized spacial score (nSPS) is 12.2. The molecule has 0 saturated heterocycles. The van der Waals surface area contributed by atoms with Gasteiger partial charge in [0, 0.05) is 21.2 Å². The Bertz CT molecular complexity index is 594. The maximum absolute atomic E-state index is 13.6. The molecule has 0 radical (unpaired) electrons. The van der Waals surface area contributed by atoms with Crippen LogP contribution in [0.4, 0.5) is 4.39 Å². The highest BCUT2D eigenvalue weighted by atomic mass is 79.9. The molecule has 5 heteroatoms. The first-order chi connectivity index (χ1) is 9.61. The van der Waals surface area contributed by atoms with E-state index in [2.05, 4.69) is 15.9 Å². The van der Waals surface area contributed by atoms with E-state index in [9.17, 15) is 4.39 Å². The molecular formula is C15H15BrFNOS. The van der Waals surface area contributed by atoms with Gasteiger partial charge in [0.25, 0.3) is 0 Å². The molecule has 0 saturated carbocycles. The molecule has 0 aliphatic carbocycles. The van der Waals surface area contributed by atoms with Gasteiger partial charge in [0.1, 0.15) is 0 Å². The molecule has 0 spiro atoms. The zero-order chi connectivity index (χ0) is 14.5. The van der Waals surface area contributed by atoms with Crippen LogP contribution in [-0.4, -0.2) is 12.9 Å². The molecular weight excluding hydrogens is 341 g/mol. The molecule has 0 bridgehead atoms. The lowest BCUT2D eigenvalue weighted by molar-refractivity contribution is 0.386. The molecule has 0 aliphatic rings. The minimum absolute atomic E-state index is 0.229. The lowest BCUT2D eigenvalue weighted by Gasteiger charge is -2.13. The van der Waals surface area contributed by atoms with Crippen molar-refractivity contribution in [2.24, 2.45) is 5.73 Å². The molecule has 106 valence electrons. The van der Waals surface area contributed by atoms with Gasteiger partial charge >= 0.3 is 0 Å². The fourth-order valence-electron chi connectivity index (χ4n) is 1.75. The van der Waals surface area contributed by atoms with Gasteiger partial charge in [-0.2, -0.15) is 0 Å². The molecule has 2 nitrogen and oxygen atoms in total. The predicted molar refractivity (Wildman–Crippen MR) is 84.7 cm³/mol. The Labute approximate surface area is 130 Å². The summed E-state index contributed by atoms with van der Waals surface area (Å²) >= 11 is 5.14. The lowest BCUT2D eigenvalue weighted by Crippen LogP contribution is -2.13. The quantitative estimate of drug-likeness (QED) is 0.807. The van der Waals surface area contributed by atoms with Crippen LogP contribution in [0.3, 0.4) is 0 Å². The number of ether oxygens (including phenoxy) is 1. The molecule has 0 aromatic heterocycles. The SMILES string of the molecule is COc1ccc(C(N)CSc2ccccc2Br)cc1F. The van der Waals surface area contributed by atoms with E-state index < -0.39 is 0 Å². The second kappa shape index (κ2) is 7.11. The van der Waals surface area contributed by atoms with Gasteiger partial charge in [-0.25, -0.2) is 4.39 Å². The summed E-state index contributed by atoms with van der Waals surface area (Å²) in [6.07, 6.45) is 0. The Balaban J connectivity index is 2.03. The second-order valence-corrected chi connectivity index (χ2v) is 6.16. The number of benzene rings is 2. The number of methoxy groups -OCH3 is 1. The summed E-state index contributed by atoms with van der Waals surface area (Å²) in [5.74, 6) is 0.528. The summed E-state index contributed by atoms with van der Waals surface area (Å²) in [7, 11) is 1.45. The maximum Gasteiger partial charge on any atom is 0.165 e. The summed E-state index contributed by atoms with van der Waals surface area (Å²) in [5.41, 5.74) is 6.88. The van der Waals surface area contributed by atoms with E-state index in [4.69, 9.17) is 10.5 Å². The standard InChI is InChI=1S/C15H15BrFNOS/c1-19-14-7-6-10(8-12(14)17)13(18)9-20-15-5-3-2-4-11(15)16/h2-8,13H,9,18H2,1H3. The molecule has 2 N–H and O–H groups in total. The van der Waals surface area contributed by atoms with Gasteiger partial charge in [-0.15, -0.1) is 11.8 Å². The molecule has 0 aliphatic heterocycles. The van der Waals surface area contributed by atoms with Gasteiger partial charge in [0.15, 0.2) is 11.6 Å². The number of hydrogen-bond acceptors (Lipinski definition) is 3. The van der Waals surface area contributed by atoms with Gasteiger partial charge in [0.2, 0.25) is 0 Å². The summed E-state index contributed by atoms with van der Waals surface area (Å²) in [4.78, 5) is 1.12. The zero-order valence-electron chi connectivity index (χ0n) is 11.0. The molecule has 2 aromatic rings. The molecule has 0 fully saturated rings. The third-order valence-electron chi connectivity index (χ3n) is 2.86. The van der Waals surface area contributed by atoms with Crippen molar-refractivity contribution >= 4 is 27.7 Å². The van der Waals surface area contributed by atoms with Gasteiger partial charge in [-0.3, -0.25) is 0 Å². The van der Waals surface area contributed by atoms with Crippen LogP contribution >= 0.6 is 27.7 Å². The first-order valence-corrected chi connectivity index (χ1v) is 7.86. The molecule has 2 aromatic carbocycles. The number of halogens is 2. The van der Waals surface area contributed by atoms with Crippen molar-refractivity contribution < 1.29 is 9.13 Å². The lowest BCUT2D eigenvalue weighted by atomic mass is 10.1. The van der Waals surface area contributed by atoms with E-state index >= 15 is 0 Å². The Hall–Kier alpha value is -1.04. The zero-order valence-corrected chi connectivity index (χ0v) is 13.4. The number of thioether (sulfide) groups is 1. The Morgan fingerprint density at radius 2 is 2.05 bits per heavy atom. The Morgan fingerprint density at radius 1 is 1.30 bits per heavy atom. The van der Waals surface area contributed by atoms with Crippen LogP contribution in [0, 0.1) is 5.82 Å². The monoisotopic (exact) mass is 355 g/mol. The highest BCUT2D eigenvalue weighted by Crippen LogP contribution is 2.30. The average Bonchev–Trinajstić information content (AvgIpc) is 2.46. The van der Waals surface area contributed by atoms with Crippen LogP contribution in [-0.2, 0) is 0 Å². The third-order valence-corrected chi connectivity index (χ3v) is 5.01. The molecule has 0 amide bonds. The van der Waals surface area contributed by atoms with Crippen LogP contribution < -0.4 is 10.5 Å². The highest BCUT2D eigenvalue weighted by Gasteiger charge is 2.11. The van der Waals surface area contributed by atoms with E-state index in [0.717, 1.165) is 14.9 Å². The molecule has 1 atom stereocenters. The number of rotatable bonds is 5. The molecule has 1 unspecified atom stereocenters. The molecule has 0 heterocycles. The maximum atomic E-state index is 13.6. The molecule has 2 rings (SSSR count). The van der Waals surface area contributed by atoms with Crippen LogP contribution in [0.25, 0.3) is 0 Å². The average molecular weight is 356 g/mol. The van der Waals surface area contributed by atoms with E-state index in [-0.39, 0.29) is 17.6 Å². The first kappa shape index (κ1) is 15.4.